The molecule has 20 heavy (non-hydrogen) atoms. The second-order valence-electron chi connectivity index (χ2n) is 4.43. The highest BCUT2D eigenvalue weighted by molar-refractivity contribution is 7.98. The highest BCUT2D eigenvalue weighted by Crippen LogP contribution is 2.43. The standard InChI is InChI=1S/C15H9NO3S/c1-20-15-11(6-16)10-5-13-12(18-7-19-13)4-9(10)8-2-3-17-14(8)15/h2-5H,7H2,1H3. The van der Waals surface area contributed by atoms with Crippen LogP contribution in [0.1, 0.15) is 5.56 Å². The van der Waals surface area contributed by atoms with E-state index in [0.29, 0.717) is 17.1 Å². The molecule has 1 aliphatic rings. The molecule has 98 valence electrons. The molecule has 4 rings (SSSR count). The first-order valence-corrected chi connectivity index (χ1v) is 7.26. The summed E-state index contributed by atoms with van der Waals surface area (Å²) in [6, 6.07) is 8.00. The van der Waals surface area contributed by atoms with Crippen molar-refractivity contribution >= 4 is 33.5 Å². The molecular formula is C15H9NO3S. The Morgan fingerprint density at radius 1 is 1.15 bits per heavy atom. The van der Waals surface area contributed by atoms with Gasteiger partial charge < -0.3 is 13.9 Å². The van der Waals surface area contributed by atoms with Crippen molar-refractivity contribution in [2.45, 2.75) is 4.90 Å². The van der Waals surface area contributed by atoms with Crippen molar-refractivity contribution in [1.82, 2.24) is 0 Å². The summed E-state index contributed by atoms with van der Waals surface area (Å²) in [5.74, 6) is 1.39. The first-order chi connectivity index (χ1) is 9.83. The van der Waals surface area contributed by atoms with E-state index in [2.05, 4.69) is 6.07 Å². The summed E-state index contributed by atoms with van der Waals surface area (Å²) >= 11 is 1.51. The van der Waals surface area contributed by atoms with Gasteiger partial charge in [-0.3, -0.25) is 0 Å². The van der Waals surface area contributed by atoms with E-state index in [1.807, 2.05) is 24.5 Å². The molecule has 0 fully saturated rings. The molecule has 0 N–H and O–H groups in total. The van der Waals surface area contributed by atoms with Crippen molar-refractivity contribution in [3.8, 4) is 17.6 Å². The molecular weight excluding hydrogens is 274 g/mol. The van der Waals surface area contributed by atoms with Gasteiger partial charge in [-0.05, 0) is 29.8 Å². The van der Waals surface area contributed by atoms with Crippen molar-refractivity contribution in [3.63, 3.8) is 0 Å². The fourth-order valence-corrected chi connectivity index (χ4v) is 3.31. The van der Waals surface area contributed by atoms with Gasteiger partial charge in [0, 0.05) is 10.8 Å². The van der Waals surface area contributed by atoms with Crippen LogP contribution in [0, 0.1) is 11.3 Å². The fraction of sp³-hybridized carbons (Fsp3) is 0.133. The molecule has 0 saturated heterocycles. The zero-order valence-electron chi connectivity index (χ0n) is 10.6. The van der Waals surface area contributed by atoms with Gasteiger partial charge in [0.1, 0.15) is 11.7 Å². The molecule has 2 aromatic carbocycles. The van der Waals surface area contributed by atoms with Gasteiger partial charge in [-0.15, -0.1) is 11.8 Å². The monoisotopic (exact) mass is 283 g/mol. The molecule has 1 aliphatic heterocycles. The minimum atomic E-state index is 0.220. The van der Waals surface area contributed by atoms with Gasteiger partial charge in [0.2, 0.25) is 6.79 Å². The maximum absolute atomic E-state index is 9.52. The van der Waals surface area contributed by atoms with E-state index in [0.717, 1.165) is 26.6 Å². The number of hydrogen-bond acceptors (Lipinski definition) is 5. The van der Waals surface area contributed by atoms with Gasteiger partial charge in [0.05, 0.1) is 16.7 Å². The van der Waals surface area contributed by atoms with Crippen LogP contribution in [0.15, 0.2) is 33.8 Å². The predicted molar refractivity (Wildman–Crippen MR) is 76.3 cm³/mol. The Bertz CT molecular complexity index is 892. The Hall–Kier alpha value is -2.32. The Kier molecular flexibility index (Phi) is 2.35. The molecule has 5 heteroatoms. The summed E-state index contributed by atoms with van der Waals surface area (Å²) in [7, 11) is 0. The van der Waals surface area contributed by atoms with E-state index in [1.54, 1.807) is 6.26 Å². The summed E-state index contributed by atoms with van der Waals surface area (Å²) in [6.45, 7) is 0.220. The molecule has 0 unspecified atom stereocenters. The Labute approximate surface area is 118 Å². The maximum atomic E-state index is 9.52. The van der Waals surface area contributed by atoms with Crippen molar-refractivity contribution in [2.24, 2.45) is 0 Å². The third kappa shape index (κ3) is 1.37. The lowest BCUT2D eigenvalue weighted by molar-refractivity contribution is 0.174. The van der Waals surface area contributed by atoms with Gasteiger partial charge in [0.15, 0.2) is 11.5 Å². The molecule has 2 heterocycles. The number of nitriles is 1. The van der Waals surface area contributed by atoms with E-state index in [4.69, 9.17) is 13.9 Å². The number of thioether (sulfide) groups is 1. The quantitative estimate of drug-likeness (QED) is 0.634. The Balaban J connectivity index is 2.26. The van der Waals surface area contributed by atoms with Gasteiger partial charge in [-0.1, -0.05) is 0 Å². The number of hydrogen-bond donors (Lipinski definition) is 0. The fourth-order valence-electron chi connectivity index (χ4n) is 2.61. The lowest BCUT2D eigenvalue weighted by Gasteiger charge is -2.08. The van der Waals surface area contributed by atoms with Crippen LogP contribution < -0.4 is 9.47 Å². The number of benzene rings is 2. The third-order valence-electron chi connectivity index (χ3n) is 3.49. The lowest BCUT2D eigenvalue weighted by Crippen LogP contribution is -1.92. The number of nitrogens with zero attached hydrogens (tertiary/aromatic N) is 1. The zero-order valence-corrected chi connectivity index (χ0v) is 11.4. The highest BCUT2D eigenvalue weighted by atomic mass is 32.2. The smallest absolute Gasteiger partial charge is 0.231 e. The van der Waals surface area contributed by atoms with Crippen LogP contribution in [-0.4, -0.2) is 13.0 Å². The highest BCUT2D eigenvalue weighted by Gasteiger charge is 2.21. The van der Waals surface area contributed by atoms with Crippen LogP contribution >= 0.6 is 11.8 Å². The van der Waals surface area contributed by atoms with Gasteiger partial charge >= 0.3 is 0 Å². The number of ether oxygens (including phenoxy) is 2. The van der Waals surface area contributed by atoms with Crippen LogP contribution in [-0.2, 0) is 0 Å². The molecule has 0 spiro atoms. The average Bonchev–Trinajstić information content (AvgIpc) is 3.11. The second-order valence-corrected chi connectivity index (χ2v) is 5.25. The molecule has 1 aromatic heterocycles. The van der Waals surface area contributed by atoms with Crippen molar-refractivity contribution in [3.05, 3.63) is 30.0 Å². The largest absolute Gasteiger partial charge is 0.463 e. The van der Waals surface area contributed by atoms with Crippen LogP contribution in [0.2, 0.25) is 0 Å². The topological polar surface area (TPSA) is 55.4 Å². The summed E-state index contributed by atoms with van der Waals surface area (Å²) in [5, 5.41) is 12.3. The summed E-state index contributed by atoms with van der Waals surface area (Å²) in [5.41, 5.74) is 1.37. The zero-order chi connectivity index (χ0) is 13.7. The normalized spacial score (nSPS) is 13.0. The van der Waals surface area contributed by atoms with Crippen LogP contribution in [0.25, 0.3) is 21.7 Å². The molecule has 4 nitrogen and oxygen atoms in total. The van der Waals surface area contributed by atoms with E-state index in [1.165, 1.54) is 11.8 Å². The minimum absolute atomic E-state index is 0.220. The van der Waals surface area contributed by atoms with E-state index in [9.17, 15) is 5.26 Å². The predicted octanol–water partition coefficient (Wildman–Crippen LogP) is 3.91. The van der Waals surface area contributed by atoms with Gasteiger partial charge in [-0.25, -0.2) is 0 Å². The Morgan fingerprint density at radius 3 is 2.60 bits per heavy atom. The van der Waals surface area contributed by atoms with Crippen LogP contribution in [0.4, 0.5) is 0 Å². The van der Waals surface area contributed by atoms with Gasteiger partial charge in [-0.2, -0.15) is 5.26 Å². The summed E-state index contributed by atoms with van der Waals surface area (Å²) < 4.78 is 16.4. The van der Waals surface area contributed by atoms with Crippen molar-refractivity contribution in [2.75, 3.05) is 13.0 Å². The maximum Gasteiger partial charge on any atom is 0.231 e. The van der Waals surface area contributed by atoms with Crippen molar-refractivity contribution in [1.29, 1.82) is 5.26 Å². The second kappa shape index (κ2) is 4.09. The molecule has 3 aromatic rings. The molecule has 0 radical (unpaired) electrons. The average molecular weight is 283 g/mol. The first kappa shape index (κ1) is 11.5. The Morgan fingerprint density at radius 2 is 1.90 bits per heavy atom. The first-order valence-electron chi connectivity index (χ1n) is 6.04. The van der Waals surface area contributed by atoms with E-state index >= 15 is 0 Å². The molecule has 0 aliphatic carbocycles. The van der Waals surface area contributed by atoms with Crippen LogP contribution in [0.5, 0.6) is 11.5 Å². The number of rotatable bonds is 1. The van der Waals surface area contributed by atoms with Gasteiger partial charge in [0.25, 0.3) is 0 Å². The molecule has 0 saturated carbocycles. The van der Waals surface area contributed by atoms with Crippen LogP contribution in [0.3, 0.4) is 0 Å². The lowest BCUT2D eigenvalue weighted by atomic mass is 10.0. The third-order valence-corrected chi connectivity index (χ3v) is 4.28. The molecule has 0 amide bonds. The van der Waals surface area contributed by atoms with E-state index in [-0.39, 0.29) is 6.79 Å². The number of furan rings is 1. The van der Waals surface area contributed by atoms with Crippen molar-refractivity contribution < 1.29 is 13.9 Å². The summed E-state index contributed by atoms with van der Waals surface area (Å²) in [6.07, 6.45) is 3.59. The minimum Gasteiger partial charge on any atom is -0.463 e. The SMILES string of the molecule is CSc1c(C#N)c2cc3c(cc2c2ccoc12)OCO3. The molecule has 0 atom stereocenters. The molecule has 0 bridgehead atoms. The number of fused-ring (bicyclic) bond motifs is 4. The summed E-state index contributed by atoms with van der Waals surface area (Å²) in [4.78, 5) is 0.860. The van der Waals surface area contributed by atoms with E-state index < -0.39 is 0 Å².